The Labute approximate surface area is 155 Å². The molecule has 27 heavy (non-hydrogen) atoms. The van der Waals surface area contributed by atoms with Gasteiger partial charge in [-0.15, -0.1) is 0 Å². The second kappa shape index (κ2) is 6.92. The average molecular weight is 360 g/mol. The molecule has 0 saturated heterocycles. The first kappa shape index (κ1) is 16.8. The molecule has 1 aliphatic heterocycles. The summed E-state index contributed by atoms with van der Waals surface area (Å²) < 4.78 is 5.74. The van der Waals surface area contributed by atoms with Crippen molar-refractivity contribution in [1.82, 2.24) is 0 Å². The molecule has 0 aromatic heterocycles. The molecule has 0 bridgehead atoms. The number of carbonyl (C=O) groups excluding carboxylic acids is 1. The molecule has 0 spiro atoms. The summed E-state index contributed by atoms with van der Waals surface area (Å²) in [6.45, 7) is 0.512. The SMILES string of the molecule is O=C(c1ccc(Oc2ccccc2)cc1)N1CCc2ccc([N+](=O)[O-])cc21. The van der Waals surface area contributed by atoms with Crippen LogP contribution in [0.15, 0.2) is 72.8 Å². The van der Waals surface area contributed by atoms with Crippen LogP contribution in [-0.2, 0) is 6.42 Å². The van der Waals surface area contributed by atoms with Crippen LogP contribution in [0.4, 0.5) is 11.4 Å². The number of nitro benzene ring substituents is 1. The molecule has 4 rings (SSSR count). The van der Waals surface area contributed by atoms with Gasteiger partial charge >= 0.3 is 0 Å². The Hall–Kier alpha value is -3.67. The van der Waals surface area contributed by atoms with Gasteiger partial charge in [-0.25, -0.2) is 0 Å². The number of anilines is 1. The van der Waals surface area contributed by atoms with E-state index in [4.69, 9.17) is 4.74 Å². The van der Waals surface area contributed by atoms with Gasteiger partial charge < -0.3 is 9.64 Å². The molecule has 1 aliphatic rings. The molecule has 3 aromatic carbocycles. The molecular formula is C21H16N2O4. The lowest BCUT2D eigenvalue weighted by atomic mass is 10.1. The minimum Gasteiger partial charge on any atom is -0.457 e. The Morgan fingerprint density at radius 3 is 2.37 bits per heavy atom. The van der Waals surface area contributed by atoms with Crippen molar-refractivity contribution in [2.24, 2.45) is 0 Å². The lowest BCUT2D eigenvalue weighted by Gasteiger charge is -2.17. The van der Waals surface area contributed by atoms with Crippen LogP contribution in [0.25, 0.3) is 0 Å². The lowest BCUT2D eigenvalue weighted by molar-refractivity contribution is -0.384. The molecule has 0 saturated carbocycles. The Morgan fingerprint density at radius 1 is 0.963 bits per heavy atom. The first-order valence-corrected chi connectivity index (χ1v) is 8.54. The van der Waals surface area contributed by atoms with Crippen LogP contribution in [0.5, 0.6) is 11.5 Å². The minimum atomic E-state index is -0.447. The van der Waals surface area contributed by atoms with E-state index >= 15 is 0 Å². The van der Waals surface area contributed by atoms with Crippen LogP contribution in [0.1, 0.15) is 15.9 Å². The number of ether oxygens (including phenoxy) is 1. The van der Waals surface area contributed by atoms with Crippen LogP contribution in [0, 0.1) is 10.1 Å². The number of hydrogen-bond donors (Lipinski definition) is 0. The van der Waals surface area contributed by atoms with Crippen LogP contribution in [-0.4, -0.2) is 17.4 Å². The zero-order valence-electron chi connectivity index (χ0n) is 14.4. The van der Waals surface area contributed by atoms with E-state index in [-0.39, 0.29) is 11.6 Å². The monoisotopic (exact) mass is 360 g/mol. The first-order valence-electron chi connectivity index (χ1n) is 8.54. The molecule has 0 radical (unpaired) electrons. The maximum atomic E-state index is 12.9. The standard InChI is InChI=1S/C21H16N2O4/c24-21(22-13-12-15-6-9-17(23(25)26)14-20(15)22)16-7-10-19(11-8-16)27-18-4-2-1-3-5-18/h1-11,14H,12-13H2. The van der Waals surface area contributed by atoms with E-state index < -0.39 is 4.92 Å². The zero-order valence-corrected chi connectivity index (χ0v) is 14.4. The van der Waals surface area contributed by atoms with E-state index in [2.05, 4.69) is 0 Å². The largest absolute Gasteiger partial charge is 0.457 e. The highest BCUT2D eigenvalue weighted by molar-refractivity contribution is 6.07. The van der Waals surface area contributed by atoms with Gasteiger partial charge in [0.15, 0.2) is 0 Å². The zero-order chi connectivity index (χ0) is 18.8. The van der Waals surface area contributed by atoms with E-state index in [1.54, 1.807) is 35.2 Å². The van der Waals surface area contributed by atoms with Crippen molar-refractivity contribution in [2.75, 3.05) is 11.4 Å². The van der Waals surface area contributed by atoms with E-state index in [9.17, 15) is 14.9 Å². The Kier molecular flexibility index (Phi) is 4.30. The summed E-state index contributed by atoms with van der Waals surface area (Å²) in [6.07, 6.45) is 0.689. The number of amides is 1. The van der Waals surface area contributed by atoms with E-state index in [0.29, 0.717) is 30.0 Å². The molecule has 6 heteroatoms. The molecule has 3 aromatic rings. The van der Waals surface area contributed by atoms with Crippen molar-refractivity contribution in [3.8, 4) is 11.5 Å². The molecule has 1 amide bonds. The molecule has 0 unspecified atom stereocenters. The number of hydrogen-bond acceptors (Lipinski definition) is 4. The molecule has 0 atom stereocenters. The maximum absolute atomic E-state index is 12.9. The predicted octanol–water partition coefficient (Wildman–Crippen LogP) is 4.59. The predicted molar refractivity (Wildman–Crippen MR) is 101 cm³/mol. The van der Waals surface area contributed by atoms with Gasteiger partial charge in [-0.3, -0.25) is 14.9 Å². The normalized spacial score (nSPS) is 12.5. The van der Waals surface area contributed by atoms with Gasteiger partial charge in [0.2, 0.25) is 0 Å². The quantitative estimate of drug-likeness (QED) is 0.504. The number of nitro groups is 1. The summed E-state index contributed by atoms with van der Waals surface area (Å²) in [5.41, 5.74) is 2.05. The van der Waals surface area contributed by atoms with Gasteiger partial charge in [0.1, 0.15) is 11.5 Å². The fourth-order valence-electron chi connectivity index (χ4n) is 3.14. The molecule has 6 nitrogen and oxygen atoms in total. The number of fused-ring (bicyclic) bond motifs is 1. The van der Waals surface area contributed by atoms with Crippen molar-refractivity contribution in [2.45, 2.75) is 6.42 Å². The number of non-ortho nitro benzene ring substituents is 1. The van der Waals surface area contributed by atoms with E-state index in [0.717, 1.165) is 11.3 Å². The van der Waals surface area contributed by atoms with E-state index in [1.807, 2.05) is 30.3 Å². The topological polar surface area (TPSA) is 72.7 Å². The van der Waals surface area contributed by atoms with Gasteiger partial charge in [-0.05, 0) is 48.4 Å². The third-order valence-corrected chi connectivity index (χ3v) is 4.50. The highest BCUT2D eigenvalue weighted by Gasteiger charge is 2.27. The molecule has 0 fully saturated rings. The van der Waals surface area contributed by atoms with Crippen molar-refractivity contribution in [1.29, 1.82) is 0 Å². The smallest absolute Gasteiger partial charge is 0.271 e. The van der Waals surface area contributed by atoms with Crippen molar-refractivity contribution >= 4 is 17.3 Å². The third kappa shape index (κ3) is 3.37. The van der Waals surface area contributed by atoms with Crippen LogP contribution in [0.2, 0.25) is 0 Å². The molecule has 1 heterocycles. The number of carbonyl (C=O) groups is 1. The van der Waals surface area contributed by atoms with E-state index in [1.165, 1.54) is 12.1 Å². The number of nitrogens with zero attached hydrogens (tertiary/aromatic N) is 2. The fraction of sp³-hybridized carbons (Fsp3) is 0.0952. The number of benzene rings is 3. The van der Waals surface area contributed by atoms with Crippen LogP contribution in [0.3, 0.4) is 0 Å². The number of rotatable bonds is 4. The van der Waals surface area contributed by atoms with Crippen molar-refractivity contribution < 1.29 is 14.5 Å². The van der Waals surface area contributed by atoms with Crippen molar-refractivity contribution in [3.63, 3.8) is 0 Å². The summed E-state index contributed by atoms with van der Waals surface area (Å²) in [7, 11) is 0. The van der Waals surface area contributed by atoms with Crippen molar-refractivity contribution in [3.05, 3.63) is 94.0 Å². The Balaban J connectivity index is 1.54. The highest BCUT2D eigenvalue weighted by atomic mass is 16.6. The summed E-state index contributed by atoms with van der Waals surface area (Å²) in [5, 5.41) is 11.0. The summed E-state index contributed by atoms with van der Waals surface area (Å²) in [6, 6.07) is 20.9. The Bertz CT molecular complexity index is 1000. The van der Waals surface area contributed by atoms with Gasteiger partial charge in [-0.1, -0.05) is 24.3 Å². The summed E-state index contributed by atoms with van der Waals surface area (Å²) in [5.74, 6) is 1.17. The van der Waals surface area contributed by atoms with Gasteiger partial charge in [-0.2, -0.15) is 0 Å². The van der Waals surface area contributed by atoms with Gasteiger partial charge in [0.05, 0.1) is 10.6 Å². The molecule has 134 valence electrons. The molecule has 0 aliphatic carbocycles. The van der Waals surface area contributed by atoms with Gasteiger partial charge in [0, 0.05) is 24.2 Å². The average Bonchev–Trinajstić information content (AvgIpc) is 3.12. The second-order valence-electron chi connectivity index (χ2n) is 6.22. The lowest BCUT2D eigenvalue weighted by Crippen LogP contribution is -2.28. The minimum absolute atomic E-state index is 0.0138. The third-order valence-electron chi connectivity index (χ3n) is 4.50. The number of para-hydroxylation sites is 1. The Morgan fingerprint density at radius 2 is 1.67 bits per heavy atom. The maximum Gasteiger partial charge on any atom is 0.271 e. The molecule has 0 N–H and O–H groups in total. The molecular weight excluding hydrogens is 344 g/mol. The summed E-state index contributed by atoms with van der Waals surface area (Å²) >= 11 is 0. The van der Waals surface area contributed by atoms with Gasteiger partial charge in [0.25, 0.3) is 11.6 Å². The van der Waals surface area contributed by atoms with Crippen LogP contribution < -0.4 is 9.64 Å². The fourth-order valence-corrected chi connectivity index (χ4v) is 3.14. The second-order valence-corrected chi connectivity index (χ2v) is 6.22. The summed E-state index contributed by atoms with van der Waals surface area (Å²) in [4.78, 5) is 25.0. The van der Waals surface area contributed by atoms with Crippen LogP contribution >= 0.6 is 0 Å². The highest BCUT2D eigenvalue weighted by Crippen LogP contribution is 2.33. The first-order chi connectivity index (χ1) is 13.1.